The van der Waals surface area contributed by atoms with Crippen LogP contribution in [0.4, 0.5) is 5.82 Å². The lowest BCUT2D eigenvalue weighted by molar-refractivity contribution is 0.0742. The number of piperazine rings is 1. The molecule has 0 radical (unpaired) electrons. The standard InChI is InChI=1S/C21H22N4O4/c1-27-15-5-7-18(28-2)16(14-15)21(26)25-11-9-24(10-12-25)20-8-6-17(22-23-20)19-4-3-13-29-19/h3-8,13-14H,9-12H2,1-2H3. The van der Waals surface area contributed by atoms with Gasteiger partial charge in [0.15, 0.2) is 11.6 Å². The molecule has 150 valence electrons. The van der Waals surface area contributed by atoms with Crippen LogP contribution in [0.3, 0.4) is 0 Å². The fourth-order valence-electron chi connectivity index (χ4n) is 3.34. The zero-order valence-electron chi connectivity index (χ0n) is 16.4. The molecule has 3 heterocycles. The molecule has 0 aliphatic carbocycles. The first kappa shape index (κ1) is 18.8. The number of nitrogens with zero attached hydrogens (tertiary/aromatic N) is 4. The van der Waals surface area contributed by atoms with Crippen molar-refractivity contribution in [2.75, 3.05) is 45.3 Å². The lowest BCUT2D eigenvalue weighted by Crippen LogP contribution is -2.49. The SMILES string of the molecule is COc1ccc(OC)c(C(=O)N2CCN(c3ccc(-c4ccco4)nn3)CC2)c1. The quantitative estimate of drug-likeness (QED) is 0.658. The molecule has 0 saturated carbocycles. The second-order valence-electron chi connectivity index (χ2n) is 6.60. The van der Waals surface area contributed by atoms with Crippen LogP contribution in [0, 0.1) is 0 Å². The van der Waals surface area contributed by atoms with Crippen molar-refractivity contribution < 1.29 is 18.7 Å². The van der Waals surface area contributed by atoms with Crippen LogP contribution >= 0.6 is 0 Å². The molecule has 0 spiro atoms. The molecule has 0 N–H and O–H groups in total. The zero-order valence-corrected chi connectivity index (χ0v) is 16.4. The number of benzene rings is 1. The van der Waals surface area contributed by atoms with Crippen molar-refractivity contribution in [3.8, 4) is 23.0 Å². The Morgan fingerprint density at radius 3 is 2.45 bits per heavy atom. The number of methoxy groups -OCH3 is 2. The summed E-state index contributed by atoms with van der Waals surface area (Å²) in [5.41, 5.74) is 1.19. The first-order valence-electron chi connectivity index (χ1n) is 9.33. The first-order chi connectivity index (χ1) is 14.2. The van der Waals surface area contributed by atoms with Crippen molar-refractivity contribution in [2.45, 2.75) is 0 Å². The van der Waals surface area contributed by atoms with Gasteiger partial charge in [-0.15, -0.1) is 10.2 Å². The Hall–Kier alpha value is -3.55. The largest absolute Gasteiger partial charge is 0.497 e. The fourth-order valence-corrected chi connectivity index (χ4v) is 3.34. The van der Waals surface area contributed by atoms with E-state index >= 15 is 0 Å². The lowest BCUT2D eigenvalue weighted by atomic mass is 10.1. The van der Waals surface area contributed by atoms with Gasteiger partial charge in [0, 0.05) is 26.2 Å². The third-order valence-corrected chi connectivity index (χ3v) is 4.95. The number of anilines is 1. The Kier molecular flexibility index (Phi) is 5.33. The molecule has 3 aromatic rings. The fraction of sp³-hybridized carbons (Fsp3) is 0.286. The molecule has 29 heavy (non-hydrogen) atoms. The van der Waals surface area contributed by atoms with Gasteiger partial charge in [0.2, 0.25) is 0 Å². The summed E-state index contributed by atoms with van der Waals surface area (Å²) in [7, 11) is 3.13. The molecule has 1 aliphatic rings. The van der Waals surface area contributed by atoms with Gasteiger partial charge >= 0.3 is 0 Å². The summed E-state index contributed by atoms with van der Waals surface area (Å²) in [5.74, 6) is 2.56. The molecular formula is C21H22N4O4. The highest BCUT2D eigenvalue weighted by molar-refractivity contribution is 5.97. The van der Waals surface area contributed by atoms with E-state index < -0.39 is 0 Å². The van der Waals surface area contributed by atoms with Gasteiger partial charge in [-0.2, -0.15) is 0 Å². The van der Waals surface area contributed by atoms with E-state index in [1.165, 1.54) is 0 Å². The van der Waals surface area contributed by atoms with Crippen LogP contribution in [0.5, 0.6) is 11.5 Å². The van der Waals surface area contributed by atoms with Crippen LogP contribution in [-0.4, -0.2) is 61.4 Å². The Balaban J connectivity index is 1.42. The van der Waals surface area contributed by atoms with Crippen LogP contribution in [0.25, 0.3) is 11.5 Å². The summed E-state index contributed by atoms with van der Waals surface area (Å²) in [6.07, 6.45) is 1.61. The minimum absolute atomic E-state index is 0.0698. The Labute approximate surface area is 168 Å². The second-order valence-corrected chi connectivity index (χ2v) is 6.60. The molecule has 0 atom stereocenters. The van der Waals surface area contributed by atoms with Gasteiger partial charge in [0.05, 0.1) is 26.0 Å². The molecule has 0 unspecified atom stereocenters. The smallest absolute Gasteiger partial charge is 0.257 e. The van der Waals surface area contributed by atoms with Crippen LogP contribution in [0.15, 0.2) is 53.1 Å². The summed E-state index contributed by atoms with van der Waals surface area (Å²) in [6, 6.07) is 12.7. The van der Waals surface area contributed by atoms with Gasteiger partial charge in [-0.3, -0.25) is 4.79 Å². The molecule has 1 fully saturated rings. The van der Waals surface area contributed by atoms with E-state index in [1.54, 1.807) is 38.7 Å². The molecular weight excluding hydrogens is 372 g/mol. The van der Waals surface area contributed by atoms with Crippen molar-refractivity contribution in [1.29, 1.82) is 0 Å². The van der Waals surface area contributed by atoms with Crippen LogP contribution < -0.4 is 14.4 Å². The number of aromatic nitrogens is 2. The monoisotopic (exact) mass is 394 g/mol. The first-order valence-corrected chi connectivity index (χ1v) is 9.33. The maximum absolute atomic E-state index is 13.0. The molecule has 8 nitrogen and oxygen atoms in total. The van der Waals surface area contributed by atoms with E-state index in [0.717, 1.165) is 5.82 Å². The average Bonchev–Trinajstić information content (AvgIpc) is 3.33. The number of amides is 1. The van der Waals surface area contributed by atoms with E-state index in [1.807, 2.05) is 29.2 Å². The summed E-state index contributed by atoms with van der Waals surface area (Å²) in [6.45, 7) is 2.52. The highest BCUT2D eigenvalue weighted by atomic mass is 16.5. The maximum atomic E-state index is 13.0. The van der Waals surface area contributed by atoms with E-state index in [2.05, 4.69) is 15.1 Å². The van der Waals surface area contributed by atoms with Crippen molar-refractivity contribution >= 4 is 11.7 Å². The van der Waals surface area contributed by atoms with Gasteiger partial charge in [0.25, 0.3) is 5.91 Å². The van der Waals surface area contributed by atoms with Crippen molar-refractivity contribution in [3.63, 3.8) is 0 Å². The van der Waals surface area contributed by atoms with Gasteiger partial charge in [-0.1, -0.05) is 0 Å². The number of hydrogen-bond donors (Lipinski definition) is 0. The van der Waals surface area contributed by atoms with Gasteiger partial charge in [-0.05, 0) is 42.5 Å². The summed E-state index contributed by atoms with van der Waals surface area (Å²) in [5, 5.41) is 8.56. The number of ether oxygens (including phenoxy) is 2. The summed E-state index contributed by atoms with van der Waals surface area (Å²) < 4.78 is 15.9. The number of hydrogen-bond acceptors (Lipinski definition) is 7. The molecule has 1 saturated heterocycles. The summed E-state index contributed by atoms with van der Waals surface area (Å²) >= 11 is 0. The predicted octanol–water partition coefficient (Wildman–Crippen LogP) is 2.72. The number of rotatable bonds is 5. The molecule has 1 aromatic carbocycles. The van der Waals surface area contributed by atoms with Crippen molar-refractivity contribution in [3.05, 3.63) is 54.3 Å². The Morgan fingerprint density at radius 2 is 1.83 bits per heavy atom. The van der Waals surface area contributed by atoms with Gasteiger partial charge in [0.1, 0.15) is 17.2 Å². The lowest BCUT2D eigenvalue weighted by Gasteiger charge is -2.35. The Morgan fingerprint density at radius 1 is 1.00 bits per heavy atom. The molecule has 2 aromatic heterocycles. The van der Waals surface area contributed by atoms with E-state index in [-0.39, 0.29) is 5.91 Å². The average molecular weight is 394 g/mol. The second kappa shape index (κ2) is 8.22. The van der Waals surface area contributed by atoms with Crippen molar-refractivity contribution in [1.82, 2.24) is 15.1 Å². The highest BCUT2D eigenvalue weighted by Crippen LogP contribution is 2.26. The minimum atomic E-state index is -0.0698. The third kappa shape index (κ3) is 3.87. The van der Waals surface area contributed by atoms with Crippen LogP contribution in [-0.2, 0) is 0 Å². The topological polar surface area (TPSA) is 80.9 Å². The van der Waals surface area contributed by atoms with E-state index in [4.69, 9.17) is 13.9 Å². The van der Waals surface area contributed by atoms with Gasteiger partial charge in [-0.25, -0.2) is 0 Å². The van der Waals surface area contributed by atoms with Crippen LogP contribution in [0.2, 0.25) is 0 Å². The summed E-state index contributed by atoms with van der Waals surface area (Å²) in [4.78, 5) is 16.9. The third-order valence-electron chi connectivity index (χ3n) is 4.95. The molecule has 4 rings (SSSR count). The molecule has 0 bridgehead atoms. The zero-order chi connectivity index (χ0) is 20.2. The normalized spacial score (nSPS) is 14.0. The molecule has 1 aliphatic heterocycles. The number of carbonyl (C=O) groups excluding carboxylic acids is 1. The van der Waals surface area contributed by atoms with Crippen LogP contribution in [0.1, 0.15) is 10.4 Å². The minimum Gasteiger partial charge on any atom is -0.497 e. The number of furan rings is 1. The number of carbonyl (C=O) groups is 1. The maximum Gasteiger partial charge on any atom is 0.257 e. The predicted molar refractivity (Wildman–Crippen MR) is 107 cm³/mol. The van der Waals surface area contributed by atoms with E-state index in [9.17, 15) is 4.79 Å². The van der Waals surface area contributed by atoms with E-state index in [0.29, 0.717) is 54.7 Å². The van der Waals surface area contributed by atoms with Crippen molar-refractivity contribution in [2.24, 2.45) is 0 Å². The molecule has 1 amide bonds. The highest BCUT2D eigenvalue weighted by Gasteiger charge is 2.25. The van der Waals surface area contributed by atoms with Gasteiger partial charge < -0.3 is 23.7 Å². The Bertz CT molecular complexity index is 965. The molecule has 8 heteroatoms.